The molecule has 1 aromatic carbocycles. The van der Waals surface area contributed by atoms with Gasteiger partial charge in [0, 0.05) is 76.8 Å². The number of nitrogens with zero attached hydrogens (tertiary/aromatic N) is 2. The number of benzene rings is 1. The number of rotatable bonds is 5. The van der Waals surface area contributed by atoms with Gasteiger partial charge in [-0.05, 0) is 39.0 Å². The van der Waals surface area contributed by atoms with Gasteiger partial charge in [-0.15, -0.1) is 9.32 Å². The minimum absolute atomic E-state index is 0. The molecule has 1 amide bonds. The van der Waals surface area contributed by atoms with Crippen LogP contribution in [0.2, 0.25) is 0 Å². The van der Waals surface area contributed by atoms with Gasteiger partial charge in [0.15, 0.2) is 0 Å². The van der Waals surface area contributed by atoms with Gasteiger partial charge in [-0.1, -0.05) is 0 Å². The number of amides is 1. The minimum Gasteiger partial charge on any atom is -0.495 e. The quantitative estimate of drug-likeness (QED) is 0.334. The number of carbonyl (C=O) groups is 1. The Bertz CT molecular complexity index is 592. The molecule has 0 bridgehead atoms. The normalized spacial score (nSPS) is 14.5. The Morgan fingerprint density at radius 2 is 1.85 bits per heavy atom. The molecule has 1 aromatic rings. The van der Waals surface area contributed by atoms with E-state index in [0.717, 1.165) is 11.4 Å². The fourth-order valence-electron chi connectivity index (χ4n) is 2.52. The van der Waals surface area contributed by atoms with Gasteiger partial charge in [0.1, 0.15) is 11.4 Å². The fraction of sp³-hybridized carbons (Fsp3) is 0.562. The largest absolute Gasteiger partial charge is 0.495 e. The summed E-state index contributed by atoms with van der Waals surface area (Å²) in [6.07, 6.45) is -0.283. The summed E-state index contributed by atoms with van der Waals surface area (Å²) in [5.41, 5.74) is 3.71. The molecule has 1 aliphatic rings. The van der Waals surface area contributed by atoms with Crippen LogP contribution >= 0.6 is 12.9 Å². The second kappa shape index (κ2) is 10.7. The summed E-state index contributed by atoms with van der Waals surface area (Å²) >= 11 is 3.51. The Morgan fingerprint density at radius 1 is 1.19 bits per heavy atom. The smallest absolute Gasteiger partial charge is 0.410 e. The van der Waals surface area contributed by atoms with E-state index in [4.69, 9.17) is 9.47 Å². The van der Waals surface area contributed by atoms with Gasteiger partial charge >= 0.3 is 6.09 Å². The minimum atomic E-state index is -0.494. The van der Waals surface area contributed by atoms with Gasteiger partial charge in [0.25, 0.3) is 0 Å². The summed E-state index contributed by atoms with van der Waals surface area (Å²) in [7, 11) is 1.62. The standard InChI is InChI=1S/C16H25N3O5S.Ar/c1-16(2,3)22-15(20)19-9-7-18(8-10-19)13-11-12(17-23-24-25)5-6-14(13)21-4;/h5-6,11,17,25H,7-10H2,1-4H3;. The van der Waals surface area contributed by atoms with Gasteiger partial charge in [-0.3, -0.25) is 0 Å². The third-order valence-corrected chi connectivity index (χ3v) is 3.72. The van der Waals surface area contributed by atoms with Crippen molar-refractivity contribution in [3.05, 3.63) is 18.2 Å². The third kappa shape index (κ3) is 6.86. The van der Waals surface area contributed by atoms with Crippen LogP contribution in [-0.4, -0.2) is 49.9 Å². The molecule has 0 atom stereocenters. The van der Waals surface area contributed by atoms with Crippen molar-refractivity contribution in [2.75, 3.05) is 43.7 Å². The number of ether oxygens (including phenoxy) is 2. The van der Waals surface area contributed by atoms with Crippen LogP contribution in [0, 0.1) is 37.7 Å². The molecule has 0 saturated carbocycles. The molecule has 0 aromatic heterocycles. The number of thiol groups is 1. The van der Waals surface area contributed by atoms with Crippen LogP contribution in [0.15, 0.2) is 18.2 Å². The van der Waals surface area contributed by atoms with Gasteiger partial charge < -0.3 is 19.3 Å². The molecule has 0 radical (unpaired) electrons. The molecule has 2 rings (SSSR count). The molecule has 8 nitrogen and oxygen atoms in total. The van der Waals surface area contributed by atoms with Crippen LogP contribution in [0.4, 0.5) is 16.2 Å². The van der Waals surface area contributed by atoms with E-state index < -0.39 is 5.60 Å². The Balaban J connectivity index is 0.00000338. The molecule has 1 saturated heterocycles. The Hall–Kier alpha value is -0.580. The molecule has 0 unspecified atom stereocenters. The first-order valence-corrected chi connectivity index (χ1v) is 8.34. The summed E-state index contributed by atoms with van der Waals surface area (Å²) in [6, 6.07) is 5.51. The first-order chi connectivity index (χ1) is 11.8. The first kappa shape index (κ1) is 23.5. The Labute approximate surface area is 189 Å². The van der Waals surface area contributed by atoms with Crippen molar-refractivity contribution in [3.8, 4) is 5.75 Å². The molecule has 26 heavy (non-hydrogen) atoms. The van der Waals surface area contributed by atoms with E-state index in [1.165, 1.54) is 0 Å². The van der Waals surface area contributed by atoms with Crippen LogP contribution < -0.4 is 15.1 Å². The van der Waals surface area contributed by atoms with Gasteiger partial charge in [0.05, 0.1) is 18.5 Å². The van der Waals surface area contributed by atoms with Crippen molar-refractivity contribution in [2.24, 2.45) is 0 Å². The van der Waals surface area contributed by atoms with E-state index in [9.17, 15) is 4.79 Å². The average molecular weight is 411 g/mol. The monoisotopic (exact) mass is 411 g/mol. The van der Waals surface area contributed by atoms with E-state index >= 15 is 0 Å². The molecule has 0 spiro atoms. The number of methoxy groups -OCH3 is 1. The van der Waals surface area contributed by atoms with Crippen molar-refractivity contribution in [1.82, 2.24) is 4.90 Å². The SMILES string of the molecule is COc1ccc(NOOS)cc1N1CCN(C(=O)OC(C)(C)C)CC1.[Ar]. The average Bonchev–Trinajstić information content (AvgIpc) is 2.58. The molecular formula is C16H25ArN3O5S. The van der Waals surface area contributed by atoms with Crippen LogP contribution in [-0.2, 0) is 14.1 Å². The van der Waals surface area contributed by atoms with Crippen LogP contribution in [0.25, 0.3) is 0 Å². The molecule has 1 aliphatic heterocycles. The zero-order chi connectivity index (χ0) is 18.4. The summed E-state index contributed by atoms with van der Waals surface area (Å²) in [5.74, 6) is 0.739. The zero-order valence-corrected chi connectivity index (χ0v) is 16.9. The predicted molar refractivity (Wildman–Crippen MR) is 97.8 cm³/mol. The van der Waals surface area contributed by atoms with Crippen LogP contribution in [0.5, 0.6) is 5.75 Å². The summed E-state index contributed by atoms with van der Waals surface area (Å²) < 4.78 is 15.1. The molecule has 1 fully saturated rings. The number of piperazine rings is 1. The van der Waals surface area contributed by atoms with Gasteiger partial charge in [-0.2, -0.15) is 0 Å². The van der Waals surface area contributed by atoms with Gasteiger partial charge in [0.2, 0.25) is 0 Å². The van der Waals surface area contributed by atoms with E-state index in [1.807, 2.05) is 32.9 Å². The summed E-state index contributed by atoms with van der Waals surface area (Å²) in [5, 5.41) is 0. The van der Waals surface area contributed by atoms with E-state index in [1.54, 1.807) is 18.1 Å². The van der Waals surface area contributed by atoms with Crippen molar-refractivity contribution in [1.29, 1.82) is 0 Å². The Morgan fingerprint density at radius 3 is 2.38 bits per heavy atom. The number of anilines is 2. The fourth-order valence-corrected chi connectivity index (χ4v) is 2.56. The van der Waals surface area contributed by atoms with Gasteiger partial charge in [-0.25, -0.2) is 10.3 Å². The second-order valence-corrected chi connectivity index (χ2v) is 6.75. The maximum Gasteiger partial charge on any atom is 0.410 e. The first-order valence-electron chi connectivity index (χ1n) is 7.98. The number of hydrogen-bond acceptors (Lipinski definition) is 8. The molecular weight excluding hydrogens is 386 g/mol. The third-order valence-electron chi connectivity index (χ3n) is 3.65. The predicted octanol–water partition coefficient (Wildman–Crippen LogP) is 2.87. The van der Waals surface area contributed by atoms with Crippen molar-refractivity contribution >= 4 is 30.4 Å². The maximum absolute atomic E-state index is 12.2. The van der Waals surface area contributed by atoms with E-state index in [-0.39, 0.29) is 43.8 Å². The van der Waals surface area contributed by atoms with Crippen molar-refractivity contribution in [2.45, 2.75) is 26.4 Å². The second-order valence-electron chi connectivity index (χ2n) is 6.60. The Kier molecular flexibility index (Phi) is 9.63. The molecule has 0 aliphatic carbocycles. The molecule has 1 heterocycles. The van der Waals surface area contributed by atoms with E-state index in [0.29, 0.717) is 31.9 Å². The van der Waals surface area contributed by atoms with Crippen molar-refractivity contribution in [3.63, 3.8) is 0 Å². The maximum atomic E-state index is 12.2. The molecule has 1 N–H and O–H groups in total. The number of hydrogen-bond donors (Lipinski definition) is 2. The molecule has 10 heteroatoms. The van der Waals surface area contributed by atoms with Crippen LogP contribution in [0.1, 0.15) is 20.8 Å². The van der Waals surface area contributed by atoms with Crippen molar-refractivity contribution < 1.29 is 61.3 Å². The molecule has 148 valence electrons. The van der Waals surface area contributed by atoms with Crippen LogP contribution in [0.3, 0.4) is 0 Å². The van der Waals surface area contributed by atoms with E-state index in [2.05, 4.69) is 32.6 Å². The topological polar surface area (TPSA) is 72.5 Å². The summed E-state index contributed by atoms with van der Waals surface area (Å²) in [6.45, 7) is 8.08. The number of carbonyl (C=O) groups excluding carboxylic acids is 1. The zero-order valence-electron chi connectivity index (χ0n) is 15.3. The number of nitrogens with one attached hydrogen (secondary N) is 1. The summed E-state index contributed by atoms with van der Waals surface area (Å²) in [4.78, 5) is 20.6.